The van der Waals surface area contributed by atoms with E-state index in [1.54, 1.807) is 16.2 Å². The second kappa shape index (κ2) is 7.63. The Balaban J connectivity index is 1.75. The molecule has 2 saturated heterocycles. The third-order valence-electron chi connectivity index (χ3n) is 4.55. The van der Waals surface area contributed by atoms with Gasteiger partial charge in [0.05, 0.1) is 18.8 Å². The summed E-state index contributed by atoms with van der Waals surface area (Å²) < 4.78 is 5.32. The first-order valence-electron chi connectivity index (χ1n) is 8.54. The first-order valence-corrected chi connectivity index (χ1v) is 9.42. The molecule has 0 spiro atoms. The third-order valence-corrected chi connectivity index (χ3v) is 5.78. The van der Waals surface area contributed by atoms with Gasteiger partial charge in [-0.05, 0) is 12.0 Å². The first-order chi connectivity index (χ1) is 11.6. The molecule has 0 saturated carbocycles. The fourth-order valence-electron chi connectivity index (χ4n) is 3.10. The summed E-state index contributed by atoms with van der Waals surface area (Å²) >= 11 is 1.61. The monoisotopic (exact) mass is 351 g/mol. The minimum atomic E-state index is -0.424. The van der Waals surface area contributed by atoms with Crippen molar-refractivity contribution >= 4 is 23.2 Å². The topological polar surface area (TPSA) is 61.9 Å². The smallest absolute Gasteiger partial charge is 0.255 e. The van der Waals surface area contributed by atoms with Crippen LogP contribution >= 0.6 is 11.3 Å². The van der Waals surface area contributed by atoms with Crippen molar-refractivity contribution in [3.63, 3.8) is 0 Å². The van der Waals surface area contributed by atoms with E-state index in [2.05, 4.69) is 19.2 Å². The Morgan fingerprint density at radius 2 is 2.04 bits per heavy atom. The lowest BCUT2D eigenvalue weighted by Crippen LogP contribution is -2.61. The van der Waals surface area contributed by atoms with Crippen LogP contribution in [0, 0.1) is 0 Å². The van der Waals surface area contributed by atoms with Gasteiger partial charge in [-0.2, -0.15) is 0 Å². The number of nitrogens with zero attached hydrogens (tertiary/aromatic N) is 2. The van der Waals surface area contributed by atoms with Crippen LogP contribution in [-0.2, 0) is 9.53 Å². The molecule has 7 heteroatoms. The molecular formula is C17H25N3O3S. The van der Waals surface area contributed by atoms with Crippen molar-refractivity contribution < 1.29 is 14.3 Å². The van der Waals surface area contributed by atoms with Gasteiger partial charge in [-0.1, -0.05) is 13.8 Å². The molecule has 6 nitrogen and oxygen atoms in total. The number of piperazine rings is 1. The molecule has 3 heterocycles. The van der Waals surface area contributed by atoms with E-state index in [0.717, 1.165) is 6.54 Å². The fraction of sp³-hybridized carbons (Fsp3) is 0.647. The Labute approximate surface area is 146 Å². The Bertz CT molecular complexity index is 596. The highest BCUT2D eigenvalue weighted by molar-refractivity contribution is 7.10. The van der Waals surface area contributed by atoms with Crippen LogP contribution in [0.4, 0.5) is 0 Å². The number of amides is 2. The molecule has 3 rings (SSSR count). The zero-order chi connectivity index (χ0) is 17.1. The summed E-state index contributed by atoms with van der Waals surface area (Å²) in [6, 6.07) is 1.54. The van der Waals surface area contributed by atoms with E-state index in [-0.39, 0.29) is 11.8 Å². The van der Waals surface area contributed by atoms with Gasteiger partial charge < -0.3 is 19.9 Å². The molecule has 1 aromatic heterocycles. The van der Waals surface area contributed by atoms with E-state index in [1.807, 2.05) is 16.3 Å². The molecule has 2 aliphatic rings. The summed E-state index contributed by atoms with van der Waals surface area (Å²) in [5, 5.41) is 5.16. The summed E-state index contributed by atoms with van der Waals surface area (Å²) in [7, 11) is 0. The second-order valence-electron chi connectivity index (χ2n) is 6.55. The van der Waals surface area contributed by atoms with Gasteiger partial charge in [-0.15, -0.1) is 11.3 Å². The van der Waals surface area contributed by atoms with Gasteiger partial charge in [0, 0.05) is 43.0 Å². The van der Waals surface area contributed by atoms with E-state index < -0.39 is 6.04 Å². The van der Waals surface area contributed by atoms with Crippen LogP contribution in [0.1, 0.15) is 35.0 Å². The number of hydrogen-bond acceptors (Lipinski definition) is 5. The highest BCUT2D eigenvalue weighted by atomic mass is 32.1. The molecular weight excluding hydrogens is 326 g/mol. The number of hydrogen-bond donors (Lipinski definition) is 1. The SMILES string of the molecule is CC(C)c1cc(C(=O)N2CCNC[C@H]2C(=O)N2CCOCC2)cs1. The van der Waals surface area contributed by atoms with E-state index in [9.17, 15) is 9.59 Å². The van der Waals surface area contributed by atoms with Crippen LogP contribution in [0.2, 0.25) is 0 Å². The van der Waals surface area contributed by atoms with Gasteiger partial charge in [0.2, 0.25) is 5.91 Å². The number of morpholine rings is 1. The summed E-state index contributed by atoms with van der Waals surface area (Å²) in [4.78, 5) is 30.5. The van der Waals surface area contributed by atoms with Crippen molar-refractivity contribution in [1.29, 1.82) is 0 Å². The number of carbonyl (C=O) groups excluding carboxylic acids is 2. The predicted octanol–water partition coefficient (Wildman–Crippen LogP) is 1.14. The minimum Gasteiger partial charge on any atom is -0.378 e. The Kier molecular flexibility index (Phi) is 5.53. The fourth-order valence-corrected chi connectivity index (χ4v) is 4.00. The van der Waals surface area contributed by atoms with Crippen LogP contribution < -0.4 is 5.32 Å². The number of nitrogens with one attached hydrogen (secondary N) is 1. The Morgan fingerprint density at radius 1 is 1.29 bits per heavy atom. The van der Waals surface area contributed by atoms with Gasteiger partial charge >= 0.3 is 0 Å². The van der Waals surface area contributed by atoms with Crippen molar-refractivity contribution in [1.82, 2.24) is 15.1 Å². The molecule has 0 radical (unpaired) electrons. The largest absolute Gasteiger partial charge is 0.378 e. The molecule has 2 aliphatic heterocycles. The normalized spacial score (nSPS) is 22.0. The maximum Gasteiger partial charge on any atom is 0.255 e. The minimum absolute atomic E-state index is 0.0261. The van der Waals surface area contributed by atoms with Gasteiger partial charge in [0.1, 0.15) is 6.04 Å². The number of carbonyl (C=O) groups is 2. The number of thiophene rings is 1. The van der Waals surface area contributed by atoms with Gasteiger partial charge in [0.15, 0.2) is 0 Å². The quantitative estimate of drug-likeness (QED) is 0.887. The van der Waals surface area contributed by atoms with Gasteiger partial charge in [-0.3, -0.25) is 9.59 Å². The van der Waals surface area contributed by atoms with Crippen LogP contribution in [0.5, 0.6) is 0 Å². The number of ether oxygens (including phenoxy) is 1. The third kappa shape index (κ3) is 3.63. The van der Waals surface area contributed by atoms with Crippen LogP contribution in [0.3, 0.4) is 0 Å². The van der Waals surface area contributed by atoms with Crippen LogP contribution in [-0.4, -0.2) is 73.6 Å². The van der Waals surface area contributed by atoms with E-state index in [4.69, 9.17) is 4.74 Å². The second-order valence-corrected chi connectivity index (χ2v) is 7.49. The lowest BCUT2D eigenvalue weighted by molar-refractivity contribution is -0.140. The Hall–Kier alpha value is -1.44. The summed E-state index contributed by atoms with van der Waals surface area (Å²) in [5.74, 6) is 0.398. The zero-order valence-electron chi connectivity index (χ0n) is 14.3. The highest BCUT2D eigenvalue weighted by Crippen LogP contribution is 2.25. The van der Waals surface area contributed by atoms with E-state index in [0.29, 0.717) is 50.9 Å². The lowest BCUT2D eigenvalue weighted by Gasteiger charge is -2.39. The molecule has 0 unspecified atom stereocenters. The number of rotatable bonds is 3. The van der Waals surface area contributed by atoms with E-state index >= 15 is 0 Å². The van der Waals surface area contributed by atoms with Crippen molar-refractivity contribution in [2.24, 2.45) is 0 Å². The standard InChI is InChI=1S/C17H25N3O3S/c1-12(2)15-9-13(11-24-15)16(21)20-4-3-18-10-14(20)17(22)19-5-7-23-8-6-19/h9,11-12,14,18H,3-8,10H2,1-2H3/t14-/m0/s1. The average molecular weight is 351 g/mol. The molecule has 2 fully saturated rings. The van der Waals surface area contributed by atoms with Gasteiger partial charge in [-0.25, -0.2) is 0 Å². The molecule has 0 bridgehead atoms. The van der Waals surface area contributed by atoms with Gasteiger partial charge in [0.25, 0.3) is 5.91 Å². The maximum atomic E-state index is 12.9. The van der Waals surface area contributed by atoms with E-state index in [1.165, 1.54) is 4.88 Å². The van der Waals surface area contributed by atoms with Crippen molar-refractivity contribution in [3.05, 3.63) is 21.9 Å². The zero-order valence-corrected chi connectivity index (χ0v) is 15.1. The predicted molar refractivity (Wildman–Crippen MR) is 93.5 cm³/mol. The molecule has 132 valence electrons. The van der Waals surface area contributed by atoms with Crippen molar-refractivity contribution in [2.75, 3.05) is 45.9 Å². The molecule has 0 aliphatic carbocycles. The van der Waals surface area contributed by atoms with Crippen LogP contribution in [0.15, 0.2) is 11.4 Å². The first kappa shape index (κ1) is 17.4. The summed E-state index contributed by atoms with van der Waals surface area (Å²) in [6.07, 6.45) is 0. The van der Waals surface area contributed by atoms with Crippen molar-refractivity contribution in [3.8, 4) is 0 Å². The van der Waals surface area contributed by atoms with Crippen LogP contribution in [0.25, 0.3) is 0 Å². The Morgan fingerprint density at radius 3 is 2.71 bits per heavy atom. The molecule has 0 aromatic carbocycles. The summed E-state index contributed by atoms with van der Waals surface area (Å²) in [6.45, 7) is 8.39. The molecule has 1 N–H and O–H groups in total. The molecule has 1 atom stereocenters. The molecule has 2 amide bonds. The summed E-state index contributed by atoms with van der Waals surface area (Å²) in [5.41, 5.74) is 0.699. The average Bonchev–Trinajstić information content (AvgIpc) is 3.12. The molecule has 1 aromatic rings. The molecule has 24 heavy (non-hydrogen) atoms. The lowest BCUT2D eigenvalue weighted by atomic mass is 10.1. The van der Waals surface area contributed by atoms with Crippen molar-refractivity contribution in [2.45, 2.75) is 25.8 Å². The maximum absolute atomic E-state index is 12.9. The highest BCUT2D eigenvalue weighted by Gasteiger charge is 2.35.